The summed E-state index contributed by atoms with van der Waals surface area (Å²) in [4.78, 5) is 19.7. The fraction of sp³-hybridized carbons (Fsp3) is 0.412. The zero-order valence-electron chi connectivity index (χ0n) is 14.3. The number of aromatic nitrogens is 4. The molecule has 0 radical (unpaired) electrons. The van der Waals surface area contributed by atoms with Gasteiger partial charge in [0.2, 0.25) is 5.89 Å². The van der Waals surface area contributed by atoms with E-state index in [2.05, 4.69) is 20.4 Å². The Kier molecular flexibility index (Phi) is 4.29. The normalized spacial score (nSPS) is 15.4. The van der Waals surface area contributed by atoms with E-state index < -0.39 is 5.97 Å². The van der Waals surface area contributed by atoms with Crippen molar-refractivity contribution in [2.75, 3.05) is 18.5 Å². The van der Waals surface area contributed by atoms with E-state index in [1.807, 2.05) is 11.6 Å². The van der Waals surface area contributed by atoms with Crippen LogP contribution in [0.2, 0.25) is 0 Å². The van der Waals surface area contributed by atoms with Gasteiger partial charge in [0, 0.05) is 32.0 Å². The molecule has 3 aromatic rings. The first-order valence-corrected chi connectivity index (χ1v) is 8.55. The second kappa shape index (κ2) is 6.75. The first kappa shape index (κ1) is 16.5. The van der Waals surface area contributed by atoms with Crippen LogP contribution < -0.4 is 5.32 Å². The number of nitrogens with one attached hydrogen (secondary N) is 1. The van der Waals surface area contributed by atoms with Gasteiger partial charge in [-0.3, -0.25) is 0 Å². The quantitative estimate of drug-likeness (QED) is 0.715. The minimum atomic E-state index is -1.13. The summed E-state index contributed by atoms with van der Waals surface area (Å²) in [7, 11) is 0. The number of hydrogen-bond acceptors (Lipinski definition) is 7. The second-order valence-corrected chi connectivity index (χ2v) is 6.12. The highest BCUT2D eigenvalue weighted by atomic mass is 16.5. The Morgan fingerprint density at radius 3 is 2.88 bits per heavy atom. The largest absolute Gasteiger partial charge is 0.476 e. The van der Waals surface area contributed by atoms with E-state index in [-0.39, 0.29) is 17.6 Å². The molecule has 0 aliphatic carbocycles. The van der Waals surface area contributed by atoms with Crippen LogP contribution in [0.1, 0.15) is 30.3 Å². The lowest BCUT2D eigenvalue weighted by Gasteiger charge is -2.25. The molecule has 4 heterocycles. The molecule has 4 rings (SSSR count). The number of rotatable bonds is 5. The molecule has 0 unspecified atom stereocenters. The van der Waals surface area contributed by atoms with E-state index >= 15 is 0 Å². The van der Waals surface area contributed by atoms with Crippen LogP contribution in [-0.4, -0.2) is 50.1 Å². The predicted octanol–water partition coefficient (Wildman–Crippen LogP) is 2.40. The fourth-order valence-electron chi connectivity index (χ4n) is 3.12. The molecule has 0 saturated carbocycles. The number of aryl methyl sites for hydroxylation is 1. The summed E-state index contributed by atoms with van der Waals surface area (Å²) in [6, 6.07) is 0.243. The molecule has 0 atom stereocenters. The molecular weight excluding hydrogens is 338 g/mol. The van der Waals surface area contributed by atoms with E-state index in [1.165, 1.54) is 0 Å². The Bertz CT molecular complexity index is 942. The lowest BCUT2D eigenvalue weighted by molar-refractivity contribution is 0.0690. The van der Waals surface area contributed by atoms with Gasteiger partial charge >= 0.3 is 5.97 Å². The molecule has 3 aromatic heterocycles. The maximum Gasteiger partial charge on any atom is 0.357 e. The number of carboxylic acid groups (broad SMARTS) is 1. The number of carbonyl (C=O) groups is 1. The Morgan fingerprint density at radius 2 is 2.19 bits per heavy atom. The molecule has 1 saturated heterocycles. The lowest BCUT2D eigenvalue weighted by Crippen LogP contribution is -2.28. The van der Waals surface area contributed by atoms with Crippen molar-refractivity contribution >= 4 is 22.7 Å². The van der Waals surface area contributed by atoms with E-state index in [4.69, 9.17) is 14.3 Å². The third kappa shape index (κ3) is 2.90. The van der Waals surface area contributed by atoms with Crippen molar-refractivity contribution < 1.29 is 19.1 Å². The van der Waals surface area contributed by atoms with Crippen LogP contribution in [0.4, 0.5) is 5.69 Å². The van der Waals surface area contributed by atoms with Gasteiger partial charge in [0.25, 0.3) is 0 Å². The highest BCUT2D eigenvalue weighted by Crippen LogP contribution is 2.34. The number of ether oxygens (including phenoxy) is 1. The van der Waals surface area contributed by atoms with Gasteiger partial charge in [-0.15, -0.1) is 0 Å². The van der Waals surface area contributed by atoms with E-state index in [1.54, 1.807) is 12.4 Å². The number of oxazole rings is 1. The summed E-state index contributed by atoms with van der Waals surface area (Å²) in [5.41, 5.74) is 2.05. The summed E-state index contributed by atoms with van der Waals surface area (Å²) in [5.74, 6) is -0.914. The van der Waals surface area contributed by atoms with Crippen LogP contribution >= 0.6 is 0 Å². The first-order chi connectivity index (χ1) is 12.7. The van der Waals surface area contributed by atoms with Crippen LogP contribution in [0, 0.1) is 0 Å². The summed E-state index contributed by atoms with van der Waals surface area (Å²) in [6.07, 6.45) is 6.32. The molecule has 1 aliphatic rings. The summed E-state index contributed by atoms with van der Waals surface area (Å²) >= 11 is 0. The molecule has 0 aromatic carbocycles. The van der Waals surface area contributed by atoms with Crippen molar-refractivity contribution in [3.8, 4) is 11.5 Å². The average Bonchev–Trinajstić information content (AvgIpc) is 3.30. The minimum absolute atomic E-state index is 0.138. The van der Waals surface area contributed by atoms with Crippen LogP contribution in [0.5, 0.6) is 0 Å². The van der Waals surface area contributed by atoms with Crippen molar-refractivity contribution in [2.24, 2.45) is 0 Å². The molecule has 9 nitrogen and oxygen atoms in total. The van der Waals surface area contributed by atoms with Crippen molar-refractivity contribution in [2.45, 2.75) is 32.4 Å². The highest BCUT2D eigenvalue weighted by molar-refractivity contribution is 5.97. The average molecular weight is 357 g/mol. The fourth-order valence-corrected chi connectivity index (χ4v) is 3.12. The van der Waals surface area contributed by atoms with Crippen molar-refractivity contribution in [1.29, 1.82) is 0 Å². The van der Waals surface area contributed by atoms with Crippen LogP contribution in [0.3, 0.4) is 0 Å². The monoisotopic (exact) mass is 357 g/mol. The molecule has 0 amide bonds. The Balaban J connectivity index is 1.82. The SMILES string of the molecule is CCn1ncc2c(NC3CCOCC3)c(-c3nc(C(=O)O)co3)cnc21. The van der Waals surface area contributed by atoms with Crippen molar-refractivity contribution in [3.63, 3.8) is 0 Å². The first-order valence-electron chi connectivity index (χ1n) is 8.55. The Labute approximate surface area is 149 Å². The molecule has 136 valence electrons. The van der Waals surface area contributed by atoms with Gasteiger partial charge in [0.15, 0.2) is 11.3 Å². The number of pyridine rings is 1. The Morgan fingerprint density at radius 1 is 1.38 bits per heavy atom. The number of anilines is 1. The smallest absolute Gasteiger partial charge is 0.357 e. The van der Waals surface area contributed by atoms with E-state index in [9.17, 15) is 4.79 Å². The summed E-state index contributed by atoms with van der Waals surface area (Å²) in [5, 5.41) is 17.9. The second-order valence-electron chi connectivity index (χ2n) is 6.12. The number of fused-ring (bicyclic) bond motifs is 1. The van der Waals surface area contributed by atoms with Gasteiger partial charge in [-0.05, 0) is 19.8 Å². The topological polar surface area (TPSA) is 115 Å². The predicted molar refractivity (Wildman–Crippen MR) is 93.1 cm³/mol. The van der Waals surface area contributed by atoms with Gasteiger partial charge in [0.1, 0.15) is 6.26 Å². The molecule has 9 heteroatoms. The van der Waals surface area contributed by atoms with Crippen molar-refractivity contribution in [3.05, 3.63) is 24.4 Å². The third-order valence-electron chi connectivity index (χ3n) is 4.49. The van der Waals surface area contributed by atoms with Crippen LogP contribution in [-0.2, 0) is 11.3 Å². The molecular formula is C17H19N5O4. The maximum absolute atomic E-state index is 11.1. The van der Waals surface area contributed by atoms with Gasteiger partial charge in [-0.25, -0.2) is 19.4 Å². The number of hydrogen-bond donors (Lipinski definition) is 2. The standard InChI is InChI=1S/C17H19N5O4/c1-2-22-15-11(8-19-22)14(20-10-3-5-25-6-4-10)12(7-18-15)16-21-13(9-26-16)17(23)24/h7-10H,2-6H2,1H3,(H,18,20)(H,23,24). The third-order valence-corrected chi connectivity index (χ3v) is 4.49. The number of aromatic carboxylic acids is 1. The van der Waals surface area contributed by atoms with Crippen LogP contribution in [0.15, 0.2) is 23.1 Å². The van der Waals surface area contributed by atoms with Gasteiger partial charge in [0.05, 0.1) is 22.8 Å². The highest BCUT2D eigenvalue weighted by Gasteiger charge is 2.22. The zero-order chi connectivity index (χ0) is 18.1. The molecule has 26 heavy (non-hydrogen) atoms. The summed E-state index contributed by atoms with van der Waals surface area (Å²) in [6.45, 7) is 4.12. The van der Waals surface area contributed by atoms with E-state index in [0.29, 0.717) is 25.3 Å². The molecule has 0 bridgehead atoms. The number of nitrogens with zero attached hydrogens (tertiary/aromatic N) is 4. The number of carboxylic acids is 1. The summed E-state index contributed by atoms with van der Waals surface area (Å²) < 4.78 is 12.6. The lowest BCUT2D eigenvalue weighted by atomic mass is 10.1. The van der Waals surface area contributed by atoms with Crippen molar-refractivity contribution in [1.82, 2.24) is 19.7 Å². The molecule has 1 fully saturated rings. The van der Waals surface area contributed by atoms with Gasteiger partial charge in [-0.2, -0.15) is 5.10 Å². The van der Waals surface area contributed by atoms with Gasteiger partial charge in [-0.1, -0.05) is 0 Å². The van der Waals surface area contributed by atoms with Gasteiger partial charge < -0.3 is 19.6 Å². The maximum atomic E-state index is 11.1. The zero-order valence-corrected chi connectivity index (χ0v) is 14.3. The van der Waals surface area contributed by atoms with E-state index in [0.717, 1.165) is 35.8 Å². The minimum Gasteiger partial charge on any atom is -0.476 e. The Hall–Kier alpha value is -2.94. The van der Waals surface area contributed by atoms with Crippen LogP contribution in [0.25, 0.3) is 22.5 Å². The molecule has 0 spiro atoms. The molecule has 1 aliphatic heterocycles. The molecule has 2 N–H and O–H groups in total.